The first-order chi connectivity index (χ1) is 13.9. The molecular weight excluding hydrogens is 378 g/mol. The zero-order valence-corrected chi connectivity index (χ0v) is 16.1. The van der Waals surface area contributed by atoms with Crippen LogP contribution in [0, 0.1) is 23.0 Å². The molecule has 0 amide bonds. The van der Waals surface area contributed by atoms with Crippen LogP contribution in [0.15, 0.2) is 36.4 Å². The van der Waals surface area contributed by atoms with Crippen molar-refractivity contribution in [2.24, 2.45) is 0 Å². The molecule has 3 N–H and O–H groups in total. The Morgan fingerprint density at radius 1 is 1.10 bits per heavy atom. The van der Waals surface area contributed by atoms with Gasteiger partial charge in [0.05, 0.1) is 11.7 Å². The van der Waals surface area contributed by atoms with Crippen molar-refractivity contribution < 1.29 is 13.5 Å². The van der Waals surface area contributed by atoms with Crippen LogP contribution in [-0.4, -0.2) is 21.3 Å². The second-order valence-corrected chi connectivity index (χ2v) is 6.66. The monoisotopic (exact) mass is 398 g/mol. The van der Waals surface area contributed by atoms with Crippen molar-refractivity contribution in [2.75, 3.05) is 10.6 Å². The van der Waals surface area contributed by atoms with Crippen molar-refractivity contribution in [3.63, 3.8) is 0 Å². The van der Waals surface area contributed by atoms with E-state index in [-0.39, 0.29) is 35.2 Å². The Labute approximate surface area is 166 Å². The summed E-state index contributed by atoms with van der Waals surface area (Å²) in [6, 6.07) is 10.3. The fourth-order valence-corrected chi connectivity index (χ4v) is 2.61. The molecule has 29 heavy (non-hydrogen) atoms. The number of nitriles is 1. The molecule has 2 heterocycles. The quantitative estimate of drug-likeness (QED) is 0.535. The molecule has 0 saturated carbocycles. The zero-order valence-electron chi connectivity index (χ0n) is 16.1. The summed E-state index contributed by atoms with van der Waals surface area (Å²) in [4.78, 5) is 4.21. The number of H-pyrrole nitrogens is 1. The van der Waals surface area contributed by atoms with E-state index in [0.29, 0.717) is 11.7 Å². The highest BCUT2D eigenvalue weighted by Crippen LogP contribution is 2.26. The molecule has 0 unspecified atom stereocenters. The van der Waals surface area contributed by atoms with E-state index in [1.54, 1.807) is 18.2 Å². The van der Waals surface area contributed by atoms with Gasteiger partial charge in [-0.1, -0.05) is 12.1 Å². The minimum absolute atomic E-state index is 0.0513. The molecule has 1 atom stereocenters. The Hall–Kier alpha value is -3.67. The predicted octanol–water partition coefficient (Wildman–Crippen LogP) is 4.66. The molecule has 0 aliphatic carbocycles. The number of nitrogens with one attached hydrogen (secondary N) is 3. The van der Waals surface area contributed by atoms with Crippen LogP contribution < -0.4 is 15.4 Å². The zero-order chi connectivity index (χ0) is 21.0. The van der Waals surface area contributed by atoms with Crippen LogP contribution >= 0.6 is 0 Å². The molecule has 0 aliphatic heterocycles. The molecule has 9 heteroatoms. The van der Waals surface area contributed by atoms with E-state index >= 15 is 0 Å². The lowest BCUT2D eigenvalue weighted by Crippen LogP contribution is -2.11. The largest absolute Gasteiger partial charge is 0.474 e. The number of ether oxygens (including phenoxy) is 1. The van der Waals surface area contributed by atoms with Crippen LogP contribution in [0.1, 0.15) is 37.9 Å². The SMILES string of the molecule is CC(C)Oc1cc(Nc2nc(N[C@@H](C)c3ccc(F)cc3)c(C#N)cc2F)[nH]n1. The molecular formula is C20H20F2N6O. The number of anilines is 3. The first-order valence-corrected chi connectivity index (χ1v) is 8.97. The van der Waals surface area contributed by atoms with Gasteiger partial charge in [0.15, 0.2) is 11.6 Å². The molecule has 1 aromatic carbocycles. The molecule has 150 valence electrons. The van der Waals surface area contributed by atoms with Crippen LogP contribution in [0.25, 0.3) is 0 Å². The third-order valence-corrected chi connectivity index (χ3v) is 3.98. The van der Waals surface area contributed by atoms with Gasteiger partial charge in [0.1, 0.15) is 23.5 Å². The number of rotatable bonds is 7. The molecule has 7 nitrogen and oxygen atoms in total. The van der Waals surface area contributed by atoms with Gasteiger partial charge < -0.3 is 15.4 Å². The van der Waals surface area contributed by atoms with Gasteiger partial charge in [-0.3, -0.25) is 5.10 Å². The van der Waals surface area contributed by atoms with E-state index in [9.17, 15) is 14.0 Å². The smallest absolute Gasteiger partial charge is 0.234 e. The van der Waals surface area contributed by atoms with E-state index < -0.39 is 5.82 Å². The summed E-state index contributed by atoms with van der Waals surface area (Å²) in [5.74, 6) is -0.175. The molecule has 2 aromatic heterocycles. The minimum Gasteiger partial charge on any atom is -0.474 e. The summed E-state index contributed by atoms with van der Waals surface area (Å²) >= 11 is 0. The predicted molar refractivity (Wildman–Crippen MR) is 105 cm³/mol. The topological polar surface area (TPSA) is 98.6 Å². The average molecular weight is 398 g/mol. The van der Waals surface area contributed by atoms with Gasteiger partial charge in [-0.15, -0.1) is 5.10 Å². The highest BCUT2D eigenvalue weighted by molar-refractivity contribution is 5.62. The first kappa shape index (κ1) is 20.1. The number of hydrogen-bond donors (Lipinski definition) is 3. The number of hydrogen-bond acceptors (Lipinski definition) is 6. The fourth-order valence-electron chi connectivity index (χ4n) is 2.61. The van der Waals surface area contributed by atoms with Crippen molar-refractivity contribution in [3.8, 4) is 11.9 Å². The molecule has 0 spiro atoms. The standard InChI is InChI=1S/C20H20F2N6O/c1-11(2)29-18-9-17(27-28-18)25-20-16(22)8-14(10-23)19(26-20)24-12(3)13-4-6-15(21)7-5-13/h4-9,11-12H,1-3H3,(H3,24,25,26,27,28)/t12-/m0/s1. The molecule has 0 saturated heterocycles. The molecule has 0 aliphatic rings. The third kappa shape index (κ3) is 4.99. The molecule has 3 rings (SSSR count). The van der Waals surface area contributed by atoms with Gasteiger partial charge in [-0.2, -0.15) is 5.26 Å². The Balaban J connectivity index is 1.83. The number of benzene rings is 1. The van der Waals surface area contributed by atoms with Gasteiger partial charge in [-0.05, 0) is 44.5 Å². The van der Waals surface area contributed by atoms with E-state index in [2.05, 4.69) is 25.8 Å². The maximum Gasteiger partial charge on any atom is 0.234 e. The van der Waals surface area contributed by atoms with Gasteiger partial charge in [0.25, 0.3) is 0 Å². The van der Waals surface area contributed by atoms with Gasteiger partial charge in [-0.25, -0.2) is 13.8 Å². The number of nitrogens with zero attached hydrogens (tertiary/aromatic N) is 3. The molecule has 0 bridgehead atoms. The van der Waals surface area contributed by atoms with E-state index in [0.717, 1.165) is 11.6 Å². The second-order valence-electron chi connectivity index (χ2n) is 6.66. The number of aromatic amines is 1. The summed E-state index contributed by atoms with van der Waals surface area (Å²) in [6.07, 6.45) is -0.0559. The summed E-state index contributed by atoms with van der Waals surface area (Å²) < 4.78 is 33.0. The Bertz CT molecular complexity index is 1030. The van der Waals surface area contributed by atoms with Gasteiger partial charge >= 0.3 is 0 Å². The Morgan fingerprint density at radius 3 is 2.48 bits per heavy atom. The third-order valence-electron chi connectivity index (χ3n) is 3.98. The average Bonchev–Trinajstić information content (AvgIpc) is 3.10. The van der Waals surface area contributed by atoms with Crippen molar-refractivity contribution in [1.82, 2.24) is 15.2 Å². The summed E-state index contributed by atoms with van der Waals surface area (Å²) in [5, 5.41) is 21.9. The van der Waals surface area contributed by atoms with E-state index in [1.165, 1.54) is 12.1 Å². The first-order valence-electron chi connectivity index (χ1n) is 8.97. The van der Waals surface area contributed by atoms with E-state index in [4.69, 9.17) is 4.74 Å². The number of halogens is 2. The van der Waals surface area contributed by atoms with Crippen LogP contribution in [0.4, 0.5) is 26.2 Å². The molecule has 0 fully saturated rings. The normalized spacial score (nSPS) is 11.8. The minimum atomic E-state index is -0.692. The Morgan fingerprint density at radius 2 is 1.83 bits per heavy atom. The van der Waals surface area contributed by atoms with Gasteiger partial charge in [0.2, 0.25) is 5.88 Å². The lowest BCUT2D eigenvalue weighted by molar-refractivity contribution is 0.232. The molecule has 0 radical (unpaired) electrons. The van der Waals surface area contributed by atoms with Crippen molar-refractivity contribution >= 4 is 17.5 Å². The van der Waals surface area contributed by atoms with Crippen LogP contribution in [0.3, 0.4) is 0 Å². The van der Waals surface area contributed by atoms with Crippen LogP contribution in [-0.2, 0) is 0 Å². The lowest BCUT2D eigenvalue weighted by atomic mass is 10.1. The lowest BCUT2D eigenvalue weighted by Gasteiger charge is -2.17. The maximum absolute atomic E-state index is 14.4. The summed E-state index contributed by atoms with van der Waals surface area (Å²) in [7, 11) is 0. The number of pyridine rings is 1. The highest BCUT2D eigenvalue weighted by Gasteiger charge is 2.16. The highest BCUT2D eigenvalue weighted by atomic mass is 19.1. The van der Waals surface area contributed by atoms with Crippen molar-refractivity contribution in [1.29, 1.82) is 5.26 Å². The maximum atomic E-state index is 14.4. The summed E-state index contributed by atoms with van der Waals surface area (Å²) in [5.41, 5.74) is 0.843. The fraction of sp³-hybridized carbons (Fsp3) is 0.250. The van der Waals surface area contributed by atoms with Crippen molar-refractivity contribution in [3.05, 3.63) is 59.2 Å². The van der Waals surface area contributed by atoms with Gasteiger partial charge in [0, 0.05) is 12.1 Å². The van der Waals surface area contributed by atoms with E-state index in [1.807, 2.05) is 26.8 Å². The second kappa shape index (κ2) is 8.56. The van der Waals surface area contributed by atoms with Crippen LogP contribution in [0.5, 0.6) is 5.88 Å². The summed E-state index contributed by atoms with van der Waals surface area (Å²) in [6.45, 7) is 5.56. The van der Waals surface area contributed by atoms with Crippen molar-refractivity contribution in [2.45, 2.75) is 32.9 Å². The molecule has 3 aromatic rings. The Kier molecular flexibility index (Phi) is 5.93. The number of aromatic nitrogens is 3. The van der Waals surface area contributed by atoms with Crippen LogP contribution in [0.2, 0.25) is 0 Å².